The number of nitrogens with one attached hydrogen (secondary N) is 2. The molecule has 90 valence electrons. The summed E-state index contributed by atoms with van der Waals surface area (Å²) in [6.45, 7) is 1.94. The molecular formula is C12H15ClN4. The van der Waals surface area contributed by atoms with Crippen molar-refractivity contribution in [3.8, 4) is 6.07 Å². The summed E-state index contributed by atoms with van der Waals surface area (Å²) in [6.07, 6.45) is 5.14. The summed E-state index contributed by atoms with van der Waals surface area (Å²) in [7, 11) is 0. The molecule has 1 fully saturated rings. The van der Waals surface area contributed by atoms with Crippen LogP contribution in [0.4, 0.5) is 5.82 Å². The molecular weight excluding hydrogens is 236 g/mol. The number of nitriles is 1. The minimum absolute atomic E-state index is 0.411. The van der Waals surface area contributed by atoms with Crippen LogP contribution < -0.4 is 10.6 Å². The first kappa shape index (κ1) is 12.2. The first-order chi connectivity index (χ1) is 8.31. The molecule has 1 aliphatic rings. The highest BCUT2D eigenvalue weighted by Crippen LogP contribution is 2.22. The molecule has 4 nitrogen and oxygen atoms in total. The first-order valence-corrected chi connectivity index (χ1v) is 6.21. The van der Waals surface area contributed by atoms with Crippen LogP contribution in [0.15, 0.2) is 12.3 Å². The SMILES string of the molecule is N#Cc1ccnc(NCCC2CCCN2)c1Cl. The van der Waals surface area contributed by atoms with Gasteiger partial charge in [-0.2, -0.15) is 5.26 Å². The van der Waals surface area contributed by atoms with Crippen LogP contribution in [0.2, 0.25) is 5.02 Å². The van der Waals surface area contributed by atoms with Crippen molar-refractivity contribution in [1.29, 1.82) is 5.26 Å². The van der Waals surface area contributed by atoms with Gasteiger partial charge in [-0.1, -0.05) is 11.6 Å². The van der Waals surface area contributed by atoms with Crippen LogP contribution in [0.3, 0.4) is 0 Å². The van der Waals surface area contributed by atoms with Gasteiger partial charge in [0, 0.05) is 18.8 Å². The van der Waals surface area contributed by atoms with Crippen LogP contribution in [0.5, 0.6) is 0 Å². The molecule has 0 amide bonds. The molecule has 2 N–H and O–H groups in total. The highest BCUT2D eigenvalue weighted by molar-refractivity contribution is 6.34. The molecule has 1 atom stereocenters. The molecule has 0 aliphatic carbocycles. The van der Waals surface area contributed by atoms with Crippen LogP contribution in [0.25, 0.3) is 0 Å². The lowest BCUT2D eigenvalue weighted by molar-refractivity contribution is 0.574. The van der Waals surface area contributed by atoms with Gasteiger partial charge >= 0.3 is 0 Å². The maximum atomic E-state index is 8.84. The molecule has 0 radical (unpaired) electrons. The summed E-state index contributed by atoms with van der Waals surface area (Å²) in [6, 6.07) is 4.26. The number of anilines is 1. The average molecular weight is 251 g/mol. The highest BCUT2D eigenvalue weighted by atomic mass is 35.5. The zero-order valence-electron chi connectivity index (χ0n) is 9.54. The Balaban J connectivity index is 1.88. The number of hydrogen-bond acceptors (Lipinski definition) is 4. The fourth-order valence-electron chi connectivity index (χ4n) is 2.02. The maximum absolute atomic E-state index is 8.84. The fourth-order valence-corrected chi connectivity index (χ4v) is 2.24. The monoisotopic (exact) mass is 250 g/mol. The Kier molecular flexibility index (Phi) is 4.18. The van der Waals surface area contributed by atoms with E-state index < -0.39 is 0 Å². The molecule has 0 aromatic carbocycles. The molecule has 0 spiro atoms. The van der Waals surface area contributed by atoms with Gasteiger partial charge in [0.05, 0.1) is 5.56 Å². The van der Waals surface area contributed by atoms with E-state index in [9.17, 15) is 0 Å². The largest absolute Gasteiger partial charge is 0.369 e. The van der Waals surface area contributed by atoms with E-state index in [4.69, 9.17) is 16.9 Å². The number of pyridine rings is 1. The smallest absolute Gasteiger partial charge is 0.146 e. The molecule has 17 heavy (non-hydrogen) atoms. The summed E-state index contributed by atoms with van der Waals surface area (Å²) >= 11 is 6.04. The molecule has 0 bridgehead atoms. The van der Waals surface area contributed by atoms with Crippen LogP contribution >= 0.6 is 11.6 Å². The minimum Gasteiger partial charge on any atom is -0.369 e. The van der Waals surface area contributed by atoms with E-state index in [-0.39, 0.29) is 0 Å². The van der Waals surface area contributed by atoms with E-state index in [1.165, 1.54) is 12.8 Å². The van der Waals surface area contributed by atoms with Crippen molar-refractivity contribution in [2.75, 3.05) is 18.4 Å². The van der Waals surface area contributed by atoms with E-state index in [1.54, 1.807) is 12.3 Å². The minimum atomic E-state index is 0.411. The maximum Gasteiger partial charge on any atom is 0.146 e. The van der Waals surface area contributed by atoms with Gasteiger partial charge in [-0.15, -0.1) is 0 Å². The number of nitrogens with zero attached hydrogens (tertiary/aromatic N) is 2. The molecule has 1 unspecified atom stereocenters. The van der Waals surface area contributed by atoms with E-state index in [0.717, 1.165) is 19.5 Å². The Bertz CT molecular complexity index is 421. The van der Waals surface area contributed by atoms with Gasteiger partial charge < -0.3 is 10.6 Å². The Hall–Kier alpha value is -1.31. The number of aromatic nitrogens is 1. The normalized spacial score (nSPS) is 18.9. The van der Waals surface area contributed by atoms with Gasteiger partial charge in [-0.3, -0.25) is 0 Å². The summed E-state index contributed by atoms with van der Waals surface area (Å²) in [5.74, 6) is 0.601. The highest BCUT2D eigenvalue weighted by Gasteiger charge is 2.13. The molecule has 0 saturated carbocycles. The zero-order valence-corrected chi connectivity index (χ0v) is 10.3. The van der Waals surface area contributed by atoms with Crippen molar-refractivity contribution in [3.05, 3.63) is 22.8 Å². The van der Waals surface area contributed by atoms with E-state index in [0.29, 0.717) is 22.4 Å². The predicted molar refractivity (Wildman–Crippen MR) is 68.1 cm³/mol. The second-order valence-electron chi connectivity index (χ2n) is 4.14. The lowest BCUT2D eigenvalue weighted by Gasteiger charge is -2.12. The molecule has 2 heterocycles. The van der Waals surface area contributed by atoms with Gasteiger partial charge in [0.25, 0.3) is 0 Å². The third kappa shape index (κ3) is 3.09. The molecule has 1 saturated heterocycles. The van der Waals surface area contributed by atoms with Crippen LogP contribution in [-0.2, 0) is 0 Å². The molecule has 1 aliphatic heterocycles. The number of halogens is 1. The quantitative estimate of drug-likeness (QED) is 0.860. The second-order valence-corrected chi connectivity index (χ2v) is 4.52. The van der Waals surface area contributed by atoms with Gasteiger partial charge in [-0.25, -0.2) is 4.98 Å². The van der Waals surface area contributed by atoms with Crippen molar-refractivity contribution < 1.29 is 0 Å². The van der Waals surface area contributed by atoms with Crippen molar-refractivity contribution in [2.24, 2.45) is 0 Å². The van der Waals surface area contributed by atoms with E-state index in [2.05, 4.69) is 15.6 Å². The summed E-state index contributed by atoms with van der Waals surface area (Å²) in [5.41, 5.74) is 0.461. The lowest BCUT2D eigenvalue weighted by atomic mass is 10.1. The standard InChI is InChI=1S/C12H15ClN4/c13-11-9(8-14)3-6-16-12(11)17-7-4-10-2-1-5-15-10/h3,6,10,15H,1-2,4-5,7H2,(H,16,17). The van der Waals surface area contributed by atoms with Gasteiger partial charge in [0.2, 0.25) is 0 Å². The van der Waals surface area contributed by atoms with E-state index in [1.807, 2.05) is 6.07 Å². The summed E-state index contributed by atoms with van der Waals surface area (Å²) in [4.78, 5) is 4.14. The van der Waals surface area contributed by atoms with Gasteiger partial charge in [0.15, 0.2) is 0 Å². The topological polar surface area (TPSA) is 60.7 Å². The van der Waals surface area contributed by atoms with Crippen LogP contribution in [0.1, 0.15) is 24.8 Å². The molecule has 2 rings (SSSR count). The van der Waals surface area contributed by atoms with Gasteiger partial charge in [0.1, 0.15) is 16.9 Å². The fraction of sp³-hybridized carbons (Fsp3) is 0.500. The Morgan fingerprint density at radius 2 is 2.53 bits per heavy atom. The van der Waals surface area contributed by atoms with Crippen LogP contribution in [-0.4, -0.2) is 24.1 Å². The summed E-state index contributed by atoms with van der Waals surface area (Å²) in [5, 5.41) is 15.9. The van der Waals surface area contributed by atoms with Crippen molar-refractivity contribution in [1.82, 2.24) is 10.3 Å². The molecule has 5 heteroatoms. The number of hydrogen-bond donors (Lipinski definition) is 2. The second kappa shape index (κ2) is 5.85. The average Bonchev–Trinajstić information content (AvgIpc) is 2.84. The van der Waals surface area contributed by atoms with Crippen molar-refractivity contribution in [3.63, 3.8) is 0 Å². The summed E-state index contributed by atoms with van der Waals surface area (Å²) < 4.78 is 0. The Labute approximate surface area is 106 Å². The van der Waals surface area contributed by atoms with Crippen molar-refractivity contribution >= 4 is 17.4 Å². The van der Waals surface area contributed by atoms with Crippen molar-refractivity contribution in [2.45, 2.75) is 25.3 Å². The van der Waals surface area contributed by atoms with E-state index >= 15 is 0 Å². The molecule has 1 aromatic rings. The predicted octanol–water partition coefficient (Wildman–Crippen LogP) is 2.16. The lowest BCUT2D eigenvalue weighted by Crippen LogP contribution is -2.24. The third-order valence-corrected chi connectivity index (χ3v) is 3.34. The Morgan fingerprint density at radius 3 is 3.24 bits per heavy atom. The number of rotatable bonds is 4. The Morgan fingerprint density at radius 1 is 1.65 bits per heavy atom. The zero-order chi connectivity index (χ0) is 12.1. The van der Waals surface area contributed by atoms with Crippen LogP contribution in [0, 0.1) is 11.3 Å². The third-order valence-electron chi connectivity index (χ3n) is 2.96. The van der Waals surface area contributed by atoms with Gasteiger partial charge in [-0.05, 0) is 31.9 Å². The first-order valence-electron chi connectivity index (χ1n) is 5.83. The molecule has 1 aromatic heterocycles.